The van der Waals surface area contributed by atoms with Crippen LogP contribution in [0.15, 0.2) is 40.0 Å². The van der Waals surface area contributed by atoms with E-state index in [0.29, 0.717) is 23.3 Å². The summed E-state index contributed by atoms with van der Waals surface area (Å²) in [6.07, 6.45) is 0. The van der Waals surface area contributed by atoms with Gasteiger partial charge in [-0.05, 0) is 40.6 Å². The van der Waals surface area contributed by atoms with Crippen LogP contribution in [0.2, 0.25) is 5.02 Å². The third kappa shape index (κ3) is 3.87. The smallest absolute Gasteiger partial charge is 0.193 e. The summed E-state index contributed by atoms with van der Waals surface area (Å²) >= 11 is 7.67. The van der Waals surface area contributed by atoms with E-state index in [9.17, 15) is 0 Å². The fourth-order valence-electron chi connectivity index (χ4n) is 1.49. The minimum absolute atomic E-state index is 0.354. The van der Waals surface area contributed by atoms with Gasteiger partial charge in [0.05, 0.1) is 18.7 Å². The standard InChI is InChI=1S/C13H14ClN3OS/c1-18-12-3-2-10(6-11(12)14)17-13(15)16-7-9-4-5-19-8-9/h2-6,8H,7H2,1H3,(H3,15,16,17). The molecule has 0 radical (unpaired) electrons. The topological polar surface area (TPSA) is 59.6 Å². The summed E-state index contributed by atoms with van der Waals surface area (Å²) in [7, 11) is 1.57. The number of halogens is 1. The molecule has 3 N–H and O–H groups in total. The average Bonchev–Trinajstić information content (AvgIpc) is 2.90. The van der Waals surface area contributed by atoms with Crippen LogP contribution in [0.3, 0.4) is 0 Å². The molecular formula is C13H14ClN3OS. The number of nitrogens with zero attached hydrogens (tertiary/aromatic N) is 1. The fourth-order valence-corrected chi connectivity index (χ4v) is 2.41. The molecule has 1 aromatic heterocycles. The van der Waals surface area contributed by atoms with Crippen molar-refractivity contribution >= 4 is 34.6 Å². The Labute approximate surface area is 120 Å². The Kier molecular flexibility index (Phi) is 4.65. The van der Waals surface area contributed by atoms with Crippen molar-refractivity contribution in [3.63, 3.8) is 0 Å². The molecule has 1 heterocycles. The zero-order valence-corrected chi connectivity index (χ0v) is 12.0. The van der Waals surface area contributed by atoms with Gasteiger partial charge in [-0.2, -0.15) is 11.3 Å². The predicted octanol–water partition coefficient (Wildman–Crippen LogP) is 3.34. The van der Waals surface area contributed by atoms with Crippen LogP contribution in [0.25, 0.3) is 0 Å². The van der Waals surface area contributed by atoms with E-state index in [1.54, 1.807) is 30.6 Å². The molecule has 19 heavy (non-hydrogen) atoms. The van der Waals surface area contributed by atoms with Gasteiger partial charge in [-0.25, -0.2) is 4.99 Å². The Bertz CT molecular complexity index is 569. The molecule has 0 spiro atoms. The number of thiophene rings is 1. The first-order valence-electron chi connectivity index (χ1n) is 5.60. The van der Waals surface area contributed by atoms with E-state index in [0.717, 1.165) is 11.3 Å². The predicted molar refractivity (Wildman–Crippen MR) is 81.3 cm³/mol. The van der Waals surface area contributed by atoms with Gasteiger partial charge in [0.2, 0.25) is 0 Å². The highest BCUT2D eigenvalue weighted by Crippen LogP contribution is 2.27. The Morgan fingerprint density at radius 3 is 2.95 bits per heavy atom. The van der Waals surface area contributed by atoms with Crippen molar-refractivity contribution in [1.29, 1.82) is 0 Å². The van der Waals surface area contributed by atoms with Crippen molar-refractivity contribution in [2.45, 2.75) is 6.54 Å². The largest absolute Gasteiger partial charge is 0.495 e. The zero-order valence-electron chi connectivity index (χ0n) is 10.4. The average molecular weight is 296 g/mol. The maximum absolute atomic E-state index is 6.03. The second-order valence-electron chi connectivity index (χ2n) is 3.81. The monoisotopic (exact) mass is 295 g/mol. The number of aliphatic imine (C=N–C) groups is 1. The Balaban J connectivity index is 2.00. The van der Waals surface area contributed by atoms with Gasteiger partial charge < -0.3 is 15.8 Å². The molecular weight excluding hydrogens is 282 g/mol. The normalized spacial score (nSPS) is 11.4. The van der Waals surface area contributed by atoms with Crippen LogP contribution in [0.1, 0.15) is 5.56 Å². The molecule has 4 nitrogen and oxygen atoms in total. The number of hydrogen-bond acceptors (Lipinski definition) is 3. The van der Waals surface area contributed by atoms with Crippen LogP contribution in [0.5, 0.6) is 5.75 Å². The van der Waals surface area contributed by atoms with Gasteiger partial charge in [0.15, 0.2) is 5.96 Å². The highest BCUT2D eigenvalue weighted by Gasteiger charge is 2.02. The minimum Gasteiger partial charge on any atom is -0.495 e. The van der Waals surface area contributed by atoms with E-state index in [2.05, 4.69) is 10.3 Å². The van der Waals surface area contributed by atoms with Gasteiger partial charge in [-0.1, -0.05) is 11.6 Å². The number of guanidine groups is 1. The minimum atomic E-state index is 0.354. The van der Waals surface area contributed by atoms with Crippen molar-refractivity contribution < 1.29 is 4.74 Å². The molecule has 0 fully saturated rings. The first kappa shape index (κ1) is 13.7. The van der Waals surface area contributed by atoms with Crippen LogP contribution in [-0.4, -0.2) is 13.1 Å². The molecule has 0 saturated carbocycles. The van der Waals surface area contributed by atoms with Gasteiger partial charge in [0.25, 0.3) is 0 Å². The van der Waals surface area contributed by atoms with Crippen molar-refractivity contribution in [2.24, 2.45) is 10.7 Å². The summed E-state index contributed by atoms with van der Waals surface area (Å²) in [5.74, 6) is 0.980. The lowest BCUT2D eigenvalue weighted by molar-refractivity contribution is 0.415. The van der Waals surface area contributed by atoms with E-state index >= 15 is 0 Å². The summed E-state index contributed by atoms with van der Waals surface area (Å²) in [6.45, 7) is 0.562. The Morgan fingerprint density at radius 2 is 2.32 bits per heavy atom. The lowest BCUT2D eigenvalue weighted by atomic mass is 10.3. The molecule has 2 rings (SSSR count). The number of rotatable bonds is 4. The summed E-state index contributed by atoms with van der Waals surface area (Å²) in [5, 5.41) is 7.57. The van der Waals surface area contributed by atoms with Crippen LogP contribution in [0, 0.1) is 0 Å². The van der Waals surface area contributed by atoms with Crippen LogP contribution in [-0.2, 0) is 6.54 Å². The summed E-state index contributed by atoms with van der Waals surface area (Å²) < 4.78 is 5.08. The lowest BCUT2D eigenvalue weighted by Gasteiger charge is -2.08. The first-order chi connectivity index (χ1) is 9.19. The SMILES string of the molecule is COc1ccc(NC(N)=NCc2ccsc2)cc1Cl. The van der Waals surface area contributed by atoms with Gasteiger partial charge >= 0.3 is 0 Å². The number of methoxy groups -OCH3 is 1. The Hall–Kier alpha value is -1.72. The number of benzene rings is 1. The van der Waals surface area contributed by atoms with Crippen molar-refractivity contribution in [3.05, 3.63) is 45.6 Å². The number of nitrogens with two attached hydrogens (primary N) is 1. The summed E-state index contributed by atoms with van der Waals surface area (Å²) in [4.78, 5) is 4.25. The molecule has 2 aromatic rings. The number of anilines is 1. The molecule has 1 aromatic carbocycles. The zero-order chi connectivity index (χ0) is 13.7. The fraction of sp³-hybridized carbons (Fsp3) is 0.154. The third-order valence-electron chi connectivity index (χ3n) is 2.44. The second kappa shape index (κ2) is 6.45. The van der Waals surface area contributed by atoms with Crippen molar-refractivity contribution in [3.8, 4) is 5.75 Å². The molecule has 100 valence electrons. The van der Waals surface area contributed by atoms with E-state index in [1.165, 1.54) is 0 Å². The van der Waals surface area contributed by atoms with Gasteiger partial charge in [-0.15, -0.1) is 0 Å². The highest BCUT2D eigenvalue weighted by atomic mass is 35.5. The molecule has 0 unspecified atom stereocenters. The highest BCUT2D eigenvalue weighted by molar-refractivity contribution is 7.07. The maximum atomic E-state index is 6.03. The van der Waals surface area contributed by atoms with Crippen molar-refractivity contribution in [1.82, 2.24) is 0 Å². The Morgan fingerprint density at radius 1 is 1.47 bits per heavy atom. The van der Waals surface area contributed by atoms with E-state index in [-0.39, 0.29) is 0 Å². The van der Waals surface area contributed by atoms with Gasteiger partial charge in [0.1, 0.15) is 5.75 Å². The molecule has 0 atom stereocenters. The number of hydrogen-bond donors (Lipinski definition) is 2. The first-order valence-corrected chi connectivity index (χ1v) is 6.92. The van der Waals surface area contributed by atoms with E-state index < -0.39 is 0 Å². The van der Waals surface area contributed by atoms with Crippen LogP contribution < -0.4 is 15.8 Å². The molecule has 0 aliphatic heterocycles. The molecule has 0 saturated heterocycles. The van der Waals surface area contributed by atoms with E-state index in [4.69, 9.17) is 22.1 Å². The molecule has 0 bridgehead atoms. The maximum Gasteiger partial charge on any atom is 0.193 e. The molecule has 6 heteroatoms. The van der Waals surface area contributed by atoms with Gasteiger partial charge in [0, 0.05) is 5.69 Å². The molecule has 0 aliphatic rings. The third-order valence-corrected chi connectivity index (χ3v) is 3.46. The van der Waals surface area contributed by atoms with Crippen LogP contribution >= 0.6 is 22.9 Å². The van der Waals surface area contributed by atoms with Crippen LogP contribution in [0.4, 0.5) is 5.69 Å². The van der Waals surface area contributed by atoms with Gasteiger partial charge in [-0.3, -0.25) is 0 Å². The number of ether oxygens (including phenoxy) is 1. The number of nitrogens with one attached hydrogen (secondary N) is 1. The second-order valence-corrected chi connectivity index (χ2v) is 4.99. The molecule has 0 aliphatic carbocycles. The summed E-state index contributed by atoms with van der Waals surface area (Å²) in [6, 6.07) is 7.37. The quantitative estimate of drug-likeness (QED) is 0.672. The van der Waals surface area contributed by atoms with E-state index in [1.807, 2.05) is 22.9 Å². The summed E-state index contributed by atoms with van der Waals surface area (Å²) in [5.41, 5.74) is 7.73. The molecule has 0 amide bonds. The lowest BCUT2D eigenvalue weighted by Crippen LogP contribution is -2.22. The van der Waals surface area contributed by atoms with Crippen molar-refractivity contribution in [2.75, 3.05) is 12.4 Å².